The summed E-state index contributed by atoms with van der Waals surface area (Å²) in [7, 11) is 1.78. The van der Waals surface area contributed by atoms with Crippen LogP contribution in [0, 0.1) is 0 Å². The molecule has 0 fully saturated rings. The molecule has 4 aromatic rings. The molecule has 0 spiro atoms. The summed E-state index contributed by atoms with van der Waals surface area (Å²) in [5.74, 6) is 0.916. The predicted molar refractivity (Wildman–Crippen MR) is 122 cm³/mol. The van der Waals surface area contributed by atoms with Crippen LogP contribution in [-0.2, 0) is 13.6 Å². The molecule has 0 aromatic carbocycles. The Morgan fingerprint density at radius 2 is 2.03 bits per heavy atom. The SMILES string of the molecule is Cn1ncc(-c2cncnc2N)c1OCCCNCc1cc(Cl)ncc1-c1ccn(C(F)F)n1. The van der Waals surface area contributed by atoms with E-state index in [0.29, 0.717) is 70.0 Å². The van der Waals surface area contributed by atoms with Gasteiger partial charge in [-0.1, -0.05) is 11.6 Å². The predicted octanol–water partition coefficient (Wildman–Crippen LogP) is 3.33. The summed E-state index contributed by atoms with van der Waals surface area (Å²) in [6.45, 7) is -1.19. The lowest BCUT2D eigenvalue weighted by Gasteiger charge is -2.11. The quantitative estimate of drug-likeness (QED) is 0.257. The van der Waals surface area contributed by atoms with E-state index in [-0.39, 0.29) is 0 Å². The molecular formula is C21H22ClF2N9O. The van der Waals surface area contributed by atoms with Crippen LogP contribution in [0.25, 0.3) is 22.4 Å². The zero-order chi connectivity index (χ0) is 24.1. The lowest BCUT2D eigenvalue weighted by Crippen LogP contribution is -2.18. The van der Waals surface area contributed by atoms with E-state index in [1.165, 1.54) is 24.8 Å². The molecule has 0 aliphatic carbocycles. The largest absolute Gasteiger partial charge is 0.477 e. The van der Waals surface area contributed by atoms with Crippen molar-refractivity contribution < 1.29 is 13.5 Å². The minimum Gasteiger partial charge on any atom is -0.477 e. The van der Waals surface area contributed by atoms with Gasteiger partial charge in [0.05, 0.1) is 24.1 Å². The number of ether oxygens (including phenoxy) is 1. The topological polar surface area (TPSA) is 122 Å². The number of nitrogens with one attached hydrogen (secondary N) is 1. The highest BCUT2D eigenvalue weighted by Gasteiger charge is 2.16. The molecular weight excluding hydrogens is 468 g/mol. The number of nitrogens with zero attached hydrogens (tertiary/aromatic N) is 7. The van der Waals surface area contributed by atoms with Crippen LogP contribution in [-0.4, -0.2) is 47.7 Å². The number of alkyl halides is 2. The Labute approximate surface area is 198 Å². The second-order valence-corrected chi connectivity index (χ2v) is 7.70. The van der Waals surface area contributed by atoms with Crippen molar-refractivity contribution in [3.05, 3.63) is 54.0 Å². The first kappa shape index (κ1) is 23.5. The van der Waals surface area contributed by atoms with Crippen molar-refractivity contribution in [2.45, 2.75) is 19.5 Å². The summed E-state index contributed by atoms with van der Waals surface area (Å²) in [6, 6.07) is 3.21. The van der Waals surface area contributed by atoms with Crippen LogP contribution in [0.5, 0.6) is 5.88 Å². The van der Waals surface area contributed by atoms with Gasteiger partial charge in [-0.05, 0) is 30.7 Å². The molecule has 0 unspecified atom stereocenters. The fourth-order valence-electron chi connectivity index (χ4n) is 3.35. The molecule has 34 heavy (non-hydrogen) atoms. The van der Waals surface area contributed by atoms with E-state index in [1.54, 1.807) is 30.2 Å². The molecule has 4 aromatic heterocycles. The van der Waals surface area contributed by atoms with Gasteiger partial charge >= 0.3 is 6.55 Å². The highest BCUT2D eigenvalue weighted by molar-refractivity contribution is 6.29. The third-order valence-corrected chi connectivity index (χ3v) is 5.22. The first-order chi connectivity index (χ1) is 16.4. The standard InChI is InChI=1S/C21H22ClF2N9O/c1-32-20(16(11-30-32)15-9-27-12-29-19(15)25)34-6-2-4-26-8-13-7-18(22)28-10-14(13)17-3-5-33(31-17)21(23)24/h3,5,7,9-12,21,26H,2,4,6,8H2,1H3,(H2,25,27,29). The first-order valence-electron chi connectivity index (χ1n) is 10.3. The van der Waals surface area contributed by atoms with E-state index in [4.69, 9.17) is 22.1 Å². The summed E-state index contributed by atoms with van der Waals surface area (Å²) in [5, 5.41) is 11.8. The molecule has 13 heteroatoms. The van der Waals surface area contributed by atoms with Gasteiger partial charge in [0, 0.05) is 43.3 Å². The molecule has 0 saturated carbocycles. The van der Waals surface area contributed by atoms with E-state index in [9.17, 15) is 8.78 Å². The first-order valence-corrected chi connectivity index (χ1v) is 10.7. The number of aryl methyl sites for hydroxylation is 1. The molecule has 0 amide bonds. The lowest BCUT2D eigenvalue weighted by molar-refractivity contribution is 0.0568. The van der Waals surface area contributed by atoms with Gasteiger partial charge in [-0.2, -0.15) is 19.0 Å². The summed E-state index contributed by atoms with van der Waals surface area (Å²) in [6.07, 6.45) is 8.11. The van der Waals surface area contributed by atoms with Crippen LogP contribution in [0.2, 0.25) is 5.15 Å². The van der Waals surface area contributed by atoms with Crippen molar-refractivity contribution in [2.24, 2.45) is 7.05 Å². The molecule has 0 atom stereocenters. The second-order valence-electron chi connectivity index (χ2n) is 7.31. The molecule has 10 nitrogen and oxygen atoms in total. The number of halogens is 3. The third kappa shape index (κ3) is 5.29. The number of anilines is 1. The Hall–Kier alpha value is -3.64. The minimum atomic E-state index is -2.71. The number of hydrogen-bond donors (Lipinski definition) is 2. The van der Waals surface area contributed by atoms with E-state index in [0.717, 1.165) is 5.56 Å². The fourth-order valence-corrected chi connectivity index (χ4v) is 3.53. The summed E-state index contributed by atoms with van der Waals surface area (Å²) in [5.41, 5.74) is 9.15. The van der Waals surface area contributed by atoms with Crippen molar-refractivity contribution in [3.63, 3.8) is 0 Å². The van der Waals surface area contributed by atoms with Crippen LogP contribution in [0.15, 0.2) is 43.2 Å². The molecule has 0 aliphatic heterocycles. The zero-order valence-electron chi connectivity index (χ0n) is 18.2. The Balaban J connectivity index is 1.33. The highest BCUT2D eigenvalue weighted by atomic mass is 35.5. The van der Waals surface area contributed by atoms with Crippen LogP contribution >= 0.6 is 11.6 Å². The van der Waals surface area contributed by atoms with Crippen molar-refractivity contribution in [2.75, 3.05) is 18.9 Å². The van der Waals surface area contributed by atoms with E-state index in [2.05, 4.69) is 30.5 Å². The van der Waals surface area contributed by atoms with Crippen molar-refractivity contribution in [3.8, 4) is 28.3 Å². The molecule has 4 rings (SSSR count). The van der Waals surface area contributed by atoms with Crippen LogP contribution < -0.4 is 15.8 Å². The summed E-state index contributed by atoms with van der Waals surface area (Å²) in [4.78, 5) is 12.1. The maximum atomic E-state index is 12.9. The van der Waals surface area contributed by atoms with Crippen molar-refractivity contribution >= 4 is 17.4 Å². The monoisotopic (exact) mass is 489 g/mol. The number of aromatic nitrogens is 7. The molecule has 0 aliphatic rings. The fraction of sp³-hybridized carbons (Fsp3) is 0.286. The van der Waals surface area contributed by atoms with Gasteiger partial charge in [-0.25, -0.2) is 24.3 Å². The second kappa shape index (κ2) is 10.5. The van der Waals surface area contributed by atoms with Gasteiger partial charge in [0.15, 0.2) is 0 Å². The maximum absolute atomic E-state index is 12.9. The average molecular weight is 490 g/mol. The molecule has 0 radical (unpaired) electrons. The van der Waals surface area contributed by atoms with Gasteiger partial charge in [0.25, 0.3) is 0 Å². The molecule has 178 valence electrons. The molecule has 3 N–H and O–H groups in total. The van der Waals surface area contributed by atoms with Crippen LogP contribution in [0.1, 0.15) is 18.5 Å². The van der Waals surface area contributed by atoms with E-state index < -0.39 is 6.55 Å². The Kier molecular flexibility index (Phi) is 7.28. The number of pyridine rings is 1. The zero-order valence-corrected chi connectivity index (χ0v) is 19.0. The van der Waals surface area contributed by atoms with Gasteiger partial charge in [0.1, 0.15) is 17.3 Å². The Morgan fingerprint density at radius 3 is 2.79 bits per heavy atom. The lowest BCUT2D eigenvalue weighted by atomic mass is 10.1. The van der Waals surface area contributed by atoms with Crippen LogP contribution in [0.3, 0.4) is 0 Å². The smallest absolute Gasteiger partial charge is 0.333 e. The molecule has 4 heterocycles. The van der Waals surface area contributed by atoms with Gasteiger partial charge in [-0.15, -0.1) is 0 Å². The van der Waals surface area contributed by atoms with E-state index in [1.807, 2.05) is 0 Å². The van der Waals surface area contributed by atoms with Crippen molar-refractivity contribution in [1.29, 1.82) is 0 Å². The van der Waals surface area contributed by atoms with Gasteiger partial charge in [0.2, 0.25) is 5.88 Å². The average Bonchev–Trinajstić information content (AvgIpc) is 3.44. The number of rotatable bonds is 10. The molecule has 0 bridgehead atoms. The van der Waals surface area contributed by atoms with Gasteiger partial charge < -0.3 is 15.8 Å². The summed E-state index contributed by atoms with van der Waals surface area (Å²) < 4.78 is 33.9. The Morgan fingerprint density at radius 1 is 1.18 bits per heavy atom. The third-order valence-electron chi connectivity index (χ3n) is 5.01. The number of nitrogens with two attached hydrogens (primary N) is 1. The number of hydrogen-bond acceptors (Lipinski definition) is 8. The maximum Gasteiger partial charge on any atom is 0.333 e. The number of nitrogen functional groups attached to an aromatic ring is 1. The normalized spacial score (nSPS) is 11.3. The minimum absolute atomic E-state index is 0.310. The van der Waals surface area contributed by atoms with Crippen LogP contribution in [0.4, 0.5) is 14.6 Å². The van der Waals surface area contributed by atoms with E-state index >= 15 is 0 Å². The summed E-state index contributed by atoms with van der Waals surface area (Å²) >= 11 is 6.04. The van der Waals surface area contributed by atoms with Crippen molar-refractivity contribution in [1.82, 2.24) is 39.8 Å². The Bertz CT molecular complexity index is 1260. The highest BCUT2D eigenvalue weighted by Crippen LogP contribution is 2.31. The van der Waals surface area contributed by atoms with Gasteiger partial charge in [-0.3, -0.25) is 0 Å². The molecule has 0 saturated heterocycles.